The fourth-order valence-corrected chi connectivity index (χ4v) is 3.09. The molecule has 0 bridgehead atoms. The third-order valence-corrected chi connectivity index (χ3v) is 5.03. The average Bonchev–Trinajstić information content (AvgIpc) is 2.72. The number of piperidine rings is 1. The van der Waals surface area contributed by atoms with Crippen molar-refractivity contribution in [3.05, 3.63) is 29.8 Å². The second-order valence-corrected chi connectivity index (χ2v) is 7.12. The molecule has 154 valence electrons. The third-order valence-electron chi connectivity index (χ3n) is 5.03. The van der Waals surface area contributed by atoms with Gasteiger partial charge in [-0.3, -0.25) is 14.4 Å². The lowest BCUT2D eigenvalue weighted by atomic mass is 9.97. The highest BCUT2D eigenvalue weighted by atomic mass is 16.5. The highest BCUT2D eigenvalue weighted by Crippen LogP contribution is 2.19. The van der Waals surface area contributed by atoms with E-state index in [0.717, 1.165) is 12.1 Å². The topological polar surface area (TPSA) is 87.7 Å². The van der Waals surface area contributed by atoms with E-state index in [9.17, 15) is 14.4 Å². The lowest BCUT2D eigenvalue weighted by Crippen LogP contribution is -2.43. The molecule has 0 radical (unpaired) electrons. The van der Waals surface area contributed by atoms with Crippen LogP contribution >= 0.6 is 0 Å². The number of esters is 1. The second-order valence-electron chi connectivity index (χ2n) is 7.12. The molecular formula is C21H31N3O4. The number of hydrogen-bond donors (Lipinski definition) is 2. The Morgan fingerprint density at radius 3 is 2.57 bits per heavy atom. The van der Waals surface area contributed by atoms with Crippen LogP contribution < -0.4 is 10.6 Å². The van der Waals surface area contributed by atoms with Crippen LogP contribution in [0.2, 0.25) is 0 Å². The van der Waals surface area contributed by atoms with Gasteiger partial charge >= 0.3 is 5.97 Å². The molecule has 1 heterocycles. The van der Waals surface area contributed by atoms with Crippen molar-refractivity contribution >= 4 is 23.5 Å². The van der Waals surface area contributed by atoms with Crippen LogP contribution in [0, 0.1) is 5.92 Å². The summed E-state index contributed by atoms with van der Waals surface area (Å²) in [4.78, 5) is 38.2. The summed E-state index contributed by atoms with van der Waals surface area (Å²) < 4.78 is 5.06. The number of amides is 2. The van der Waals surface area contributed by atoms with Crippen molar-refractivity contribution in [1.29, 1.82) is 0 Å². The Hall–Kier alpha value is -2.57. The number of rotatable bonds is 8. The highest BCUT2D eigenvalue weighted by molar-refractivity contribution is 5.95. The Morgan fingerprint density at radius 1 is 1.21 bits per heavy atom. The number of carbonyl (C=O) groups is 3. The fourth-order valence-electron chi connectivity index (χ4n) is 3.09. The summed E-state index contributed by atoms with van der Waals surface area (Å²) in [5.74, 6) is -0.417. The van der Waals surface area contributed by atoms with Crippen molar-refractivity contribution in [3.8, 4) is 0 Å². The zero-order valence-corrected chi connectivity index (χ0v) is 17.0. The molecule has 0 saturated carbocycles. The summed E-state index contributed by atoms with van der Waals surface area (Å²) in [5, 5.41) is 6.03. The zero-order valence-electron chi connectivity index (χ0n) is 17.0. The number of nitrogens with one attached hydrogen (secondary N) is 2. The van der Waals surface area contributed by atoms with Gasteiger partial charge in [-0.25, -0.2) is 0 Å². The molecular weight excluding hydrogens is 358 g/mol. The second kappa shape index (κ2) is 10.7. The summed E-state index contributed by atoms with van der Waals surface area (Å²) in [6.45, 7) is 7.43. The maximum atomic E-state index is 12.4. The van der Waals surface area contributed by atoms with Gasteiger partial charge in [0.2, 0.25) is 5.91 Å². The Morgan fingerprint density at radius 2 is 1.93 bits per heavy atom. The highest BCUT2D eigenvalue weighted by Gasteiger charge is 2.27. The monoisotopic (exact) mass is 389 g/mol. The molecule has 7 nitrogen and oxygen atoms in total. The molecule has 2 N–H and O–H groups in total. The van der Waals surface area contributed by atoms with Gasteiger partial charge in [-0.05, 0) is 51.3 Å². The van der Waals surface area contributed by atoms with E-state index in [-0.39, 0.29) is 36.3 Å². The Kier molecular flexibility index (Phi) is 8.29. The number of hydrogen-bond acceptors (Lipinski definition) is 5. The Bertz CT molecular complexity index is 684. The number of benzene rings is 1. The molecule has 28 heavy (non-hydrogen) atoms. The van der Waals surface area contributed by atoms with Crippen LogP contribution in [0.4, 0.5) is 5.69 Å². The van der Waals surface area contributed by atoms with Crippen LogP contribution in [0.3, 0.4) is 0 Å². The number of likely N-dealkylation sites (tertiary alicyclic amines) is 1. The molecule has 0 aliphatic carbocycles. The normalized spacial score (nSPS) is 15.6. The molecule has 1 atom stereocenters. The molecule has 1 saturated heterocycles. The van der Waals surface area contributed by atoms with E-state index in [1.165, 1.54) is 0 Å². The van der Waals surface area contributed by atoms with Gasteiger partial charge in [0.15, 0.2) is 0 Å². The molecule has 0 aromatic heterocycles. The van der Waals surface area contributed by atoms with Crippen molar-refractivity contribution in [2.24, 2.45) is 5.92 Å². The van der Waals surface area contributed by atoms with E-state index in [1.54, 1.807) is 30.0 Å². The van der Waals surface area contributed by atoms with Crippen LogP contribution in [0.25, 0.3) is 0 Å². The molecule has 2 amide bonds. The Balaban J connectivity index is 1.82. The van der Waals surface area contributed by atoms with E-state index in [1.807, 2.05) is 19.9 Å². The average molecular weight is 389 g/mol. The van der Waals surface area contributed by atoms with Gasteiger partial charge in [-0.15, -0.1) is 0 Å². The van der Waals surface area contributed by atoms with Crippen LogP contribution in [-0.4, -0.2) is 55.0 Å². The quantitative estimate of drug-likeness (QED) is 0.667. The number of carbonyl (C=O) groups excluding carboxylic acids is 3. The van der Waals surface area contributed by atoms with Crippen molar-refractivity contribution in [2.75, 3.05) is 31.6 Å². The van der Waals surface area contributed by atoms with Crippen molar-refractivity contribution in [1.82, 2.24) is 10.2 Å². The number of nitrogens with zero attached hydrogens (tertiary/aromatic N) is 1. The minimum absolute atomic E-state index is 0.0169. The zero-order chi connectivity index (χ0) is 20.5. The van der Waals surface area contributed by atoms with Crippen molar-refractivity contribution in [2.45, 2.75) is 46.1 Å². The molecule has 1 fully saturated rings. The summed E-state index contributed by atoms with van der Waals surface area (Å²) >= 11 is 0. The fraction of sp³-hybridized carbons (Fsp3) is 0.571. The first-order valence-corrected chi connectivity index (χ1v) is 10.0. The van der Waals surface area contributed by atoms with Gasteiger partial charge in [-0.2, -0.15) is 0 Å². The van der Waals surface area contributed by atoms with Gasteiger partial charge in [-0.1, -0.05) is 13.0 Å². The van der Waals surface area contributed by atoms with Gasteiger partial charge < -0.3 is 20.3 Å². The maximum absolute atomic E-state index is 12.4. The lowest BCUT2D eigenvalue weighted by Gasteiger charge is -2.31. The molecule has 1 aromatic rings. The van der Waals surface area contributed by atoms with Crippen molar-refractivity contribution < 1.29 is 19.1 Å². The molecule has 1 unspecified atom stereocenters. The van der Waals surface area contributed by atoms with E-state index < -0.39 is 0 Å². The number of anilines is 1. The summed E-state index contributed by atoms with van der Waals surface area (Å²) in [7, 11) is 0. The lowest BCUT2D eigenvalue weighted by molar-refractivity contribution is -0.151. The van der Waals surface area contributed by atoms with Crippen LogP contribution in [0.5, 0.6) is 0 Å². The minimum atomic E-state index is -0.166. The SMILES string of the molecule is CCOC(=O)C1CCN(C(=O)CNc2cccc(C(=O)NC(C)CC)c2)CC1. The largest absolute Gasteiger partial charge is 0.466 e. The summed E-state index contributed by atoms with van der Waals surface area (Å²) in [5.41, 5.74) is 1.29. The first-order chi connectivity index (χ1) is 13.4. The van der Waals surface area contributed by atoms with E-state index >= 15 is 0 Å². The summed E-state index contributed by atoms with van der Waals surface area (Å²) in [6.07, 6.45) is 2.14. The standard InChI is InChI=1S/C21H31N3O4/c1-4-15(3)23-20(26)17-7-6-8-18(13-17)22-14-19(25)24-11-9-16(10-12-24)21(27)28-5-2/h6-8,13,15-16,22H,4-5,9-12,14H2,1-3H3,(H,23,26). The summed E-state index contributed by atoms with van der Waals surface area (Å²) in [6, 6.07) is 7.25. The smallest absolute Gasteiger partial charge is 0.309 e. The van der Waals surface area contributed by atoms with E-state index in [4.69, 9.17) is 4.74 Å². The van der Waals surface area contributed by atoms with Crippen LogP contribution in [0.15, 0.2) is 24.3 Å². The molecule has 1 aliphatic rings. The predicted molar refractivity (Wildman–Crippen MR) is 108 cm³/mol. The maximum Gasteiger partial charge on any atom is 0.309 e. The van der Waals surface area contributed by atoms with Crippen LogP contribution in [-0.2, 0) is 14.3 Å². The van der Waals surface area contributed by atoms with Crippen molar-refractivity contribution in [3.63, 3.8) is 0 Å². The van der Waals surface area contributed by atoms with Crippen LogP contribution in [0.1, 0.15) is 50.4 Å². The van der Waals surface area contributed by atoms with Gasteiger partial charge in [0.25, 0.3) is 5.91 Å². The van der Waals surface area contributed by atoms with Gasteiger partial charge in [0.05, 0.1) is 19.1 Å². The van der Waals surface area contributed by atoms with Gasteiger partial charge in [0, 0.05) is 30.4 Å². The first-order valence-electron chi connectivity index (χ1n) is 10.0. The molecule has 2 rings (SSSR count). The third kappa shape index (κ3) is 6.25. The molecule has 1 aliphatic heterocycles. The van der Waals surface area contributed by atoms with Gasteiger partial charge in [0.1, 0.15) is 0 Å². The van der Waals surface area contributed by atoms with E-state index in [2.05, 4.69) is 10.6 Å². The molecule has 1 aromatic carbocycles. The number of ether oxygens (including phenoxy) is 1. The molecule has 7 heteroatoms. The predicted octanol–water partition coefficient (Wildman–Crippen LogP) is 2.43. The first kappa shape index (κ1) is 21.7. The Labute approximate surface area is 166 Å². The molecule has 0 spiro atoms. The minimum Gasteiger partial charge on any atom is -0.466 e. The van der Waals surface area contributed by atoms with E-state index in [0.29, 0.717) is 38.1 Å².